The highest BCUT2D eigenvalue weighted by Gasteiger charge is 2.62. The predicted octanol–water partition coefficient (Wildman–Crippen LogP) is 3.67. The Bertz CT molecular complexity index is 453. The molecule has 1 aromatic rings. The first-order chi connectivity index (χ1) is 7.91. The van der Waals surface area contributed by atoms with Crippen LogP contribution >= 0.6 is 0 Å². The second-order valence-electron chi connectivity index (χ2n) is 5.77. The Kier molecular flexibility index (Phi) is 2.66. The van der Waals surface area contributed by atoms with Gasteiger partial charge in [0.15, 0.2) is 0 Å². The highest BCUT2D eigenvalue weighted by Crippen LogP contribution is 2.63. The monoisotopic (exact) mass is 229 g/mol. The molecule has 1 aromatic carbocycles. The van der Waals surface area contributed by atoms with Crippen molar-refractivity contribution >= 4 is 0 Å². The van der Waals surface area contributed by atoms with E-state index in [1.165, 1.54) is 0 Å². The molecule has 2 heteroatoms. The van der Waals surface area contributed by atoms with Crippen molar-refractivity contribution in [1.29, 1.82) is 5.26 Å². The largest absolute Gasteiger partial charge is 0.491 e. The highest BCUT2D eigenvalue weighted by molar-refractivity contribution is 5.46. The summed E-state index contributed by atoms with van der Waals surface area (Å²) in [7, 11) is 0. The zero-order chi connectivity index (χ0) is 12.7. The van der Waals surface area contributed by atoms with Gasteiger partial charge in [-0.2, -0.15) is 5.26 Å². The summed E-state index contributed by atoms with van der Waals surface area (Å²) in [6.45, 7) is 8.31. The van der Waals surface area contributed by atoms with Crippen LogP contribution in [0.25, 0.3) is 0 Å². The molecule has 2 rings (SSSR count). The van der Waals surface area contributed by atoms with E-state index in [9.17, 15) is 5.26 Å². The molecule has 1 aliphatic carbocycles. The van der Waals surface area contributed by atoms with Crippen LogP contribution in [0, 0.1) is 16.7 Å². The van der Waals surface area contributed by atoms with Crippen LogP contribution in [0.15, 0.2) is 24.3 Å². The molecule has 1 saturated carbocycles. The van der Waals surface area contributed by atoms with Gasteiger partial charge in [0, 0.05) is 0 Å². The molecule has 0 N–H and O–H groups in total. The van der Waals surface area contributed by atoms with Gasteiger partial charge in [-0.1, -0.05) is 26.0 Å². The Hall–Kier alpha value is -1.49. The van der Waals surface area contributed by atoms with Crippen LogP contribution in [0.5, 0.6) is 5.75 Å². The van der Waals surface area contributed by atoms with Crippen molar-refractivity contribution in [3.8, 4) is 11.8 Å². The molecule has 0 radical (unpaired) electrons. The minimum absolute atomic E-state index is 0.0994. The number of rotatable bonds is 3. The Balaban J connectivity index is 2.23. The van der Waals surface area contributed by atoms with Crippen molar-refractivity contribution in [3.05, 3.63) is 29.8 Å². The molecule has 1 fully saturated rings. The van der Waals surface area contributed by atoms with Gasteiger partial charge in [0.25, 0.3) is 0 Å². The van der Waals surface area contributed by atoms with Gasteiger partial charge in [-0.25, -0.2) is 0 Å². The zero-order valence-electron chi connectivity index (χ0n) is 10.9. The minimum atomic E-state index is -0.288. The summed E-state index contributed by atoms with van der Waals surface area (Å²) in [4.78, 5) is 0. The van der Waals surface area contributed by atoms with Gasteiger partial charge < -0.3 is 4.74 Å². The van der Waals surface area contributed by atoms with Crippen LogP contribution in [-0.2, 0) is 5.41 Å². The second kappa shape index (κ2) is 3.77. The third-order valence-corrected chi connectivity index (χ3v) is 3.65. The van der Waals surface area contributed by atoms with Gasteiger partial charge in [0.05, 0.1) is 17.6 Å². The fraction of sp³-hybridized carbons (Fsp3) is 0.533. The summed E-state index contributed by atoms with van der Waals surface area (Å²) in [5.41, 5.74) is 0.923. The molecular weight excluding hydrogens is 210 g/mol. The SMILES string of the molecule is CC(C)Oc1ccc(C2(C#N)CC2(C)C)cc1. The summed E-state index contributed by atoms with van der Waals surface area (Å²) in [6, 6.07) is 10.4. The van der Waals surface area contributed by atoms with E-state index in [1.807, 2.05) is 38.1 Å². The normalized spacial score (nSPS) is 25.4. The maximum absolute atomic E-state index is 9.38. The number of hydrogen-bond acceptors (Lipinski definition) is 2. The van der Waals surface area contributed by atoms with Gasteiger partial charge in [-0.3, -0.25) is 0 Å². The molecule has 0 aliphatic heterocycles. The summed E-state index contributed by atoms with van der Waals surface area (Å²) >= 11 is 0. The van der Waals surface area contributed by atoms with Crippen LogP contribution in [0.3, 0.4) is 0 Å². The van der Waals surface area contributed by atoms with E-state index in [0.717, 1.165) is 17.7 Å². The lowest BCUT2D eigenvalue weighted by Crippen LogP contribution is -2.12. The summed E-state index contributed by atoms with van der Waals surface area (Å²) in [5.74, 6) is 0.871. The third-order valence-electron chi connectivity index (χ3n) is 3.65. The Morgan fingerprint density at radius 3 is 2.12 bits per heavy atom. The lowest BCUT2D eigenvalue weighted by molar-refractivity contribution is 0.242. The second-order valence-corrected chi connectivity index (χ2v) is 5.77. The van der Waals surface area contributed by atoms with E-state index >= 15 is 0 Å². The summed E-state index contributed by atoms with van der Waals surface area (Å²) < 4.78 is 5.60. The van der Waals surface area contributed by atoms with Crippen LogP contribution < -0.4 is 4.74 Å². The Labute approximate surface area is 103 Å². The fourth-order valence-corrected chi connectivity index (χ4v) is 2.46. The average molecular weight is 229 g/mol. The maximum Gasteiger partial charge on any atom is 0.119 e. The highest BCUT2D eigenvalue weighted by atomic mass is 16.5. The number of ether oxygens (including phenoxy) is 1. The number of nitriles is 1. The lowest BCUT2D eigenvalue weighted by Gasteiger charge is -2.14. The van der Waals surface area contributed by atoms with Crippen molar-refractivity contribution in [2.45, 2.75) is 45.6 Å². The molecule has 17 heavy (non-hydrogen) atoms. The Morgan fingerprint density at radius 1 is 1.24 bits per heavy atom. The first kappa shape index (κ1) is 12.0. The molecule has 1 atom stereocenters. The van der Waals surface area contributed by atoms with E-state index in [0.29, 0.717) is 0 Å². The quantitative estimate of drug-likeness (QED) is 0.792. The maximum atomic E-state index is 9.38. The molecule has 1 unspecified atom stereocenters. The van der Waals surface area contributed by atoms with E-state index in [-0.39, 0.29) is 16.9 Å². The zero-order valence-corrected chi connectivity index (χ0v) is 10.9. The first-order valence-electron chi connectivity index (χ1n) is 6.10. The minimum Gasteiger partial charge on any atom is -0.491 e. The van der Waals surface area contributed by atoms with E-state index in [1.54, 1.807) is 0 Å². The standard InChI is InChI=1S/C15H19NO/c1-11(2)17-13-7-5-12(6-8-13)15(10-16)9-14(15,3)4/h5-8,11H,9H2,1-4H3. The van der Waals surface area contributed by atoms with Gasteiger partial charge in [0.2, 0.25) is 0 Å². The van der Waals surface area contributed by atoms with Crippen molar-refractivity contribution in [2.75, 3.05) is 0 Å². The number of nitrogens with zero attached hydrogens (tertiary/aromatic N) is 1. The third kappa shape index (κ3) is 1.91. The van der Waals surface area contributed by atoms with Crippen LogP contribution in [0.1, 0.15) is 39.7 Å². The van der Waals surface area contributed by atoms with Gasteiger partial charge in [-0.15, -0.1) is 0 Å². The molecule has 0 aromatic heterocycles. The molecule has 90 valence electrons. The molecule has 0 saturated heterocycles. The molecular formula is C15H19NO. The molecule has 0 heterocycles. The first-order valence-corrected chi connectivity index (χ1v) is 6.10. The topological polar surface area (TPSA) is 33.0 Å². The number of benzene rings is 1. The molecule has 0 bridgehead atoms. The van der Waals surface area contributed by atoms with Crippen molar-refractivity contribution in [2.24, 2.45) is 5.41 Å². The fourth-order valence-electron chi connectivity index (χ4n) is 2.46. The van der Waals surface area contributed by atoms with Gasteiger partial charge in [0.1, 0.15) is 5.75 Å². The van der Waals surface area contributed by atoms with Gasteiger partial charge in [-0.05, 0) is 43.4 Å². The van der Waals surface area contributed by atoms with Crippen molar-refractivity contribution < 1.29 is 4.74 Å². The average Bonchev–Trinajstić information content (AvgIpc) is 2.82. The van der Waals surface area contributed by atoms with Crippen molar-refractivity contribution in [1.82, 2.24) is 0 Å². The van der Waals surface area contributed by atoms with E-state index in [2.05, 4.69) is 19.9 Å². The predicted molar refractivity (Wildman–Crippen MR) is 67.9 cm³/mol. The van der Waals surface area contributed by atoms with E-state index < -0.39 is 0 Å². The molecule has 1 aliphatic rings. The number of hydrogen-bond donors (Lipinski definition) is 0. The van der Waals surface area contributed by atoms with Gasteiger partial charge >= 0.3 is 0 Å². The lowest BCUT2D eigenvalue weighted by atomic mass is 9.89. The summed E-state index contributed by atoms with van der Waals surface area (Å²) in [5, 5.41) is 9.38. The molecule has 2 nitrogen and oxygen atoms in total. The molecule has 0 spiro atoms. The van der Waals surface area contributed by atoms with Crippen LogP contribution in [0.4, 0.5) is 0 Å². The molecule has 0 amide bonds. The Morgan fingerprint density at radius 2 is 1.76 bits per heavy atom. The summed E-state index contributed by atoms with van der Waals surface area (Å²) in [6.07, 6.45) is 1.13. The van der Waals surface area contributed by atoms with Crippen LogP contribution in [-0.4, -0.2) is 6.10 Å². The van der Waals surface area contributed by atoms with Crippen molar-refractivity contribution in [3.63, 3.8) is 0 Å². The van der Waals surface area contributed by atoms with E-state index in [4.69, 9.17) is 4.74 Å². The smallest absolute Gasteiger partial charge is 0.119 e. The van der Waals surface area contributed by atoms with Crippen LogP contribution in [0.2, 0.25) is 0 Å².